The first-order valence-corrected chi connectivity index (χ1v) is 7.11. The molecule has 5 nitrogen and oxygen atoms in total. The lowest BCUT2D eigenvalue weighted by molar-refractivity contribution is 0.0636. The summed E-state index contributed by atoms with van der Waals surface area (Å²) in [6.45, 7) is 9.54. The van der Waals surface area contributed by atoms with Crippen molar-refractivity contribution in [2.24, 2.45) is 11.1 Å². The molecule has 1 aliphatic carbocycles. The van der Waals surface area contributed by atoms with Crippen molar-refractivity contribution in [3.63, 3.8) is 0 Å². The number of phenolic OH excluding ortho intramolecular Hbond substituents is 1. The molecule has 0 unspecified atom stereocenters. The lowest BCUT2D eigenvalue weighted by Crippen LogP contribution is -2.27. The first-order chi connectivity index (χ1) is 9.52. The molecular weight excluding hydrogens is 268 g/mol. The number of nitrogens with one attached hydrogen (secondary N) is 1. The van der Waals surface area contributed by atoms with Crippen LogP contribution < -0.4 is 11.1 Å². The van der Waals surface area contributed by atoms with Crippen LogP contribution in [0.1, 0.15) is 46.1 Å². The Morgan fingerprint density at radius 1 is 1.38 bits per heavy atom. The van der Waals surface area contributed by atoms with E-state index >= 15 is 0 Å². The van der Waals surface area contributed by atoms with Gasteiger partial charge in [0, 0.05) is 23.7 Å². The van der Waals surface area contributed by atoms with E-state index in [-0.39, 0.29) is 23.1 Å². The van der Waals surface area contributed by atoms with Crippen molar-refractivity contribution in [1.29, 1.82) is 0 Å². The van der Waals surface area contributed by atoms with E-state index in [0.29, 0.717) is 5.69 Å². The van der Waals surface area contributed by atoms with Crippen LogP contribution in [0.2, 0.25) is 0 Å². The van der Waals surface area contributed by atoms with E-state index in [2.05, 4.69) is 19.2 Å². The van der Waals surface area contributed by atoms with Gasteiger partial charge >= 0.3 is 6.09 Å². The van der Waals surface area contributed by atoms with Crippen molar-refractivity contribution >= 4 is 11.8 Å². The van der Waals surface area contributed by atoms with Gasteiger partial charge in [0.1, 0.15) is 11.4 Å². The molecule has 21 heavy (non-hydrogen) atoms. The Morgan fingerprint density at radius 3 is 2.38 bits per heavy atom. The minimum absolute atomic E-state index is 0.00239. The number of amides is 1. The predicted molar refractivity (Wildman–Crippen MR) is 82.5 cm³/mol. The summed E-state index contributed by atoms with van der Waals surface area (Å²) in [5.41, 5.74) is 6.79. The van der Waals surface area contributed by atoms with Crippen LogP contribution in [0.3, 0.4) is 0 Å². The molecule has 5 heteroatoms. The smallest absolute Gasteiger partial charge is 0.412 e. The fourth-order valence-electron chi connectivity index (χ4n) is 2.58. The maximum absolute atomic E-state index is 11.7. The molecule has 1 fully saturated rings. The maximum atomic E-state index is 11.7. The number of anilines is 1. The highest BCUT2D eigenvalue weighted by Crippen LogP contribution is 2.59. The Balaban J connectivity index is 2.08. The number of carbonyl (C=O) groups is 1. The van der Waals surface area contributed by atoms with Gasteiger partial charge in [-0.05, 0) is 37.8 Å². The molecule has 1 aromatic rings. The Bertz CT molecular complexity index is 561. The third-order valence-corrected chi connectivity index (χ3v) is 3.92. The molecule has 4 N–H and O–H groups in total. The summed E-state index contributed by atoms with van der Waals surface area (Å²) in [6, 6.07) is 5.13. The average molecular weight is 292 g/mol. The van der Waals surface area contributed by atoms with Gasteiger partial charge in [-0.1, -0.05) is 19.9 Å². The summed E-state index contributed by atoms with van der Waals surface area (Å²) in [6.07, 6.45) is -0.543. The van der Waals surface area contributed by atoms with Gasteiger partial charge in [0.05, 0.1) is 0 Å². The zero-order valence-electron chi connectivity index (χ0n) is 13.2. The summed E-state index contributed by atoms with van der Waals surface area (Å²) in [5, 5.41) is 12.8. The van der Waals surface area contributed by atoms with E-state index in [4.69, 9.17) is 10.5 Å². The Labute approximate surface area is 125 Å². The normalized spacial score (nSPS) is 23.5. The second-order valence-electron chi connectivity index (χ2n) is 7.23. The predicted octanol–water partition coefficient (Wildman–Crippen LogP) is 3.19. The van der Waals surface area contributed by atoms with Crippen LogP contribution in [0.25, 0.3) is 0 Å². The Kier molecular flexibility index (Phi) is 3.66. The van der Waals surface area contributed by atoms with E-state index < -0.39 is 11.7 Å². The quantitative estimate of drug-likeness (QED) is 0.781. The summed E-state index contributed by atoms with van der Waals surface area (Å²) in [5.74, 6) is 0.294. The minimum atomic E-state index is -0.559. The number of phenols is 1. The highest BCUT2D eigenvalue weighted by Gasteiger charge is 2.56. The average Bonchev–Trinajstić information content (AvgIpc) is 2.76. The Hall–Kier alpha value is -1.75. The van der Waals surface area contributed by atoms with Crippen LogP contribution in [0.5, 0.6) is 5.75 Å². The van der Waals surface area contributed by atoms with Crippen LogP contribution in [0.4, 0.5) is 10.5 Å². The number of ether oxygens (including phenoxy) is 1. The molecule has 0 bridgehead atoms. The van der Waals surface area contributed by atoms with Crippen molar-refractivity contribution in [3.8, 4) is 5.75 Å². The van der Waals surface area contributed by atoms with Crippen molar-refractivity contribution in [3.05, 3.63) is 23.8 Å². The third kappa shape index (κ3) is 3.29. The maximum Gasteiger partial charge on any atom is 0.412 e. The van der Waals surface area contributed by atoms with E-state index in [1.165, 1.54) is 6.07 Å². The van der Waals surface area contributed by atoms with Crippen LogP contribution in [-0.4, -0.2) is 22.8 Å². The van der Waals surface area contributed by atoms with E-state index in [1.54, 1.807) is 32.9 Å². The number of carbonyl (C=O) groups excluding carboxylic acids is 1. The largest absolute Gasteiger partial charge is 0.508 e. The molecule has 0 aromatic heterocycles. The third-order valence-electron chi connectivity index (χ3n) is 3.92. The van der Waals surface area contributed by atoms with E-state index in [1.807, 2.05) is 0 Å². The van der Waals surface area contributed by atoms with Gasteiger partial charge in [0.2, 0.25) is 0 Å². The van der Waals surface area contributed by atoms with Crippen molar-refractivity contribution < 1.29 is 14.6 Å². The van der Waals surface area contributed by atoms with Gasteiger partial charge < -0.3 is 15.6 Å². The summed E-state index contributed by atoms with van der Waals surface area (Å²) in [7, 11) is 0. The van der Waals surface area contributed by atoms with Crippen molar-refractivity contribution in [2.45, 2.75) is 52.2 Å². The van der Waals surface area contributed by atoms with Gasteiger partial charge in [0.25, 0.3) is 0 Å². The van der Waals surface area contributed by atoms with Gasteiger partial charge in [-0.25, -0.2) is 4.79 Å². The number of benzene rings is 1. The number of rotatable bonds is 2. The number of nitrogens with two attached hydrogens (primary N) is 1. The van der Waals surface area contributed by atoms with Gasteiger partial charge in [0.15, 0.2) is 0 Å². The van der Waals surface area contributed by atoms with Crippen molar-refractivity contribution in [1.82, 2.24) is 0 Å². The fraction of sp³-hybridized carbons (Fsp3) is 0.562. The summed E-state index contributed by atoms with van der Waals surface area (Å²) >= 11 is 0. The highest BCUT2D eigenvalue weighted by atomic mass is 16.6. The van der Waals surface area contributed by atoms with Gasteiger partial charge in [-0.15, -0.1) is 0 Å². The van der Waals surface area contributed by atoms with Gasteiger partial charge in [-0.2, -0.15) is 0 Å². The lowest BCUT2D eigenvalue weighted by atomic mass is 10.0. The van der Waals surface area contributed by atoms with Gasteiger partial charge in [-0.3, -0.25) is 5.32 Å². The number of aromatic hydroxyl groups is 1. The molecule has 2 rings (SSSR count). The molecule has 116 valence electrons. The molecule has 2 atom stereocenters. The van der Waals surface area contributed by atoms with Crippen LogP contribution in [0.15, 0.2) is 18.2 Å². The SMILES string of the molecule is CC(C)(C)OC(=O)Nc1ccc([C@@H]2[C@@H](N)C2(C)C)c(O)c1. The van der Waals surface area contributed by atoms with Crippen LogP contribution in [0, 0.1) is 5.41 Å². The first-order valence-electron chi connectivity index (χ1n) is 7.11. The molecule has 0 radical (unpaired) electrons. The lowest BCUT2D eigenvalue weighted by Gasteiger charge is -2.19. The molecule has 0 saturated heterocycles. The fourth-order valence-corrected chi connectivity index (χ4v) is 2.58. The summed E-state index contributed by atoms with van der Waals surface area (Å²) in [4.78, 5) is 11.7. The second-order valence-corrected chi connectivity index (χ2v) is 7.23. The zero-order chi connectivity index (χ0) is 16.0. The van der Waals surface area contributed by atoms with Crippen molar-refractivity contribution in [2.75, 3.05) is 5.32 Å². The molecule has 1 amide bonds. The molecule has 1 saturated carbocycles. The Morgan fingerprint density at radius 2 is 1.95 bits per heavy atom. The number of hydrogen-bond donors (Lipinski definition) is 3. The number of hydrogen-bond acceptors (Lipinski definition) is 4. The van der Waals surface area contributed by atoms with E-state index in [9.17, 15) is 9.90 Å². The van der Waals surface area contributed by atoms with E-state index in [0.717, 1.165) is 5.56 Å². The standard InChI is InChI=1S/C16H24N2O3/c1-15(2,3)21-14(20)18-9-6-7-10(11(19)8-9)12-13(17)16(12,4)5/h6-8,12-13,19H,17H2,1-5H3,(H,18,20)/t12-,13-/m1/s1. The molecular formula is C16H24N2O3. The van der Waals surface area contributed by atoms with Crippen LogP contribution in [-0.2, 0) is 4.74 Å². The molecule has 0 aliphatic heterocycles. The van der Waals surface area contributed by atoms with Crippen LogP contribution >= 0.6 is 0 Å². The molecule has 0 heterocycles. The molecule has 0 spiro atoms. The monoisotopic (exact) mass is 292 g/mol. The minimum Gasteiger partial charge on any atom is -0.508 e. The zero-order valence-corrected chi connectivity index (χ0v) is 13.2. The highest BCUT2D eigenvalue weighted by molar-refractivity contribution is 5.85. The topological polar surface area (TPSA) is 84.6 Å². The second kappa shape index (κ2) is 4.91. The first kappa shape index (κ1) is 15.6. The molecule has 1 aliphatic rings. The molecule has 1 aromatic carbocycles. The summed E-state index contributed by atoms with van der Waals surface area (Å²) < 4.78 is 5.17.